The summed E-state index contributed by atoms with van der Waals surface area (Å²) < 4.78 is 43.5. The van der Waals surface area contributed by atoms with Crippen LogP contribution in [0.3, 0.4) is 0 Å². The summed E-state index contributed by atoms with van der Waals surface area (Å²) in [5.74, 6) is -0.652. The average Bonchev–Trinajstić information content (AvgIpc) is 2.57. The van der Waals surface area contributed by atoms with E-state index < -0.39 is 29.3 Å². The molecule has 0 aliphatic carbocycles. The highest BCUT2D eigenvalue weighted by Gasteiger charge is 2.38. The Morgan fingerprint density at radius 2 is 1.68 bits per heavy atom. The van der Waals surface area contributed by atoms with Gasteiger partial charge >= 0.3 is 12.3 Å². The fourth-order valence-corrected chi connectivity index (χ4v) is 1.44. The Hall–Kier alpha value is -1.79. The van der Waals surface area contributed by atoms with Gasteiger partial charge in [-0.1, -0.05) is 0 Å². The Morgan fingerprint density at radius 1 is 1.16 bits per heavy atom. The number of ether oxygens (including phenoxy) is 1. The number of rotatable bonds is 1. The fraction of sp³-hybridized carbons (Fsp3) is 0.500. The number of carbonyl (C=O) groups excluding carboxylic acids is 2. The second-order valence-electron chi connectivity index (χ2n) is 4.97. The van der Waals surface area contributed by atoms with Gasteiger partial charge in [-0.3, -0.25) is 4.79 Å². The molecule has 0 aromatic carbocycles. The van der Waals surface area contributed by atoms with Crippen LogP contribution in [0.25, 0.3) is 0 Å². The van der Waals surface area contributed by atoms with Crippen molar-refractivity contribution in [2.24, 2.45) is 0 Å². The quantitative estimate of drug-likeness (QED) is 0.738. The number of halogens is 3. The topological polar surface area (TPSA) is 48.3 Å². The van der Waals surface area contributed by atoms with E-state index in [9.17, 15) is 22.8 Å². The second-order valence-corrected chi connectivity index (χ2v) is 4.97. The molecule has 1 aromatic rings. The third-order valence-corrected chi connectivity index (χ3v) is 2.11. The van der Waals surface area contributed by atoms with Gasteiger partial charge in [0.1, 0.15) is 11.3 Å². The molecule has 1 rings (SSSR count). The third kappa shape index (κ3) is 3.59. The highest BCUT2D eigenvalue weighted by atomic mass is 19.4. The molecule has 0 unspecified atom stereocenters. The number of Topliss-reactive ketones (excluding diaryl/α,β-unsaturated/α-hetero) is 1. The van der Waals surface area contributed by atoms with Crippen LogP contribution in [0.5, 0.6) is 0 Å². The van der Waals surface area contributed by atoms with Gasteiger partial charge in [0, 0.05) is 6.92 Å². The third-order valence-electron chi connectivity index (χ3n) is 2.11. The van der Waals surface area contributed by atoms with E-state index in [1.54, 1.807) is 0 Å². The molecule has 0 aliphatic rings. The van der Waals surface area contributed by atoms with Crippen LogP contribution in [0.2, 0.25) is 0 Å². The van der Waals surface area contributed by atoms with E-state index in [1.165, 1.54) is 20.8 Å². The molecule has 7 heteroatoms. The molecule has 0 saturated carbocycles. The zero-order chi connectivity index (χ0) is 15.0. The second kappa shape index (κ2) is 4.71. The molecule has 0 spiro atoms. The summed E-state index contributed by atoms with van der Waals surface area (Å²) in [4.78, 5) is 23.1. The molecule has 0 fully saturated rings. The minimum atomic E-state index is -4.75. The van der Waals surface area contributed by atoms with Gasteiger partial charge in [0.25, 0.3) is 0 Å². The number of alkyl halides is 3. The lowest BCUT2D eigenvalue weighted by Crippen LogP contribution is -2.31. The summed E-state index contributed by atoms with van der Waals surface area (Å²) in [5.41, 5.74) is -2.55. The van der Waals surface area contributed by atoms with Crippen LogP contribution in [0.4, 0.5) is 18.0 Å². The minimum absolute atomic E-state index is 0.258. The summed E-state index contributed by atoms with van der Waals surface area (Å²) in [6, 6.07) is 1.63. The van der Waals surface area contributed by atoms with E-state index in [1.807, 2.05) is 0 Å². The van der Waals surface area contributed by atoms with Crippen molar-refractivity contribution < 1.29 is 27.5 Å². The molecular formula is C12H14F3NO3. The van der Waals surface area contributed by atoms with Crippen molar-refractivity contribution in [3.8, 4) is 0 Å². The van der Waals surface area contributed by atoms with Crippen LogP contribution in [-0.4, -0.2) is 22.0 Å². The summed E-state index contributed by atoms with van der Waals surface area (Å²) in [7, 11) is 0. The minimum Gasteiger partial charge on any atom is -0.443 e. The number of aromatic nitrogens is 1. The van der Waals surface area contributed by atoms with E-state index in [4.69, 9.17) is 4.74 Å². The Balaban J connectivity index is 3.34. The molecular weight excluding hydrogens is 263 g/mol. The Kier molecular flexibility index (Phi) is 3.79. The van der Waals surface area contributed by atoms with Crippen molar-refractivity contribution in [2.75, 3.05) is 0 Å². The lowest BCUT2D eigenvalue weighted by Gasteiger charge is -2.21. The van der Waals surface area contributed by atoms with Gasteiger partial charge in [0.15, 0.2) is 5.78 Å². The lowest BCUT2D eigenvalue weighted by molar-refractivity contribution is -0.143. The molecule has 19 heavy (non-hydrogen) atoms. The standard InChI is InChI=1S/C12H14F3NO3/c1-7(17)8-5-6-9(12(13,14)15)16(8)10(18)19-11(2,3)4/h5-6H,1-4H3. The Bertz CT molecular complexity index is 509. The van der Waals surface area contributed by atoms with Gasteiger partial charge < -0.3 is 4.74 Å². The molecule has 0 atom stereocenters. The smallest absolute Gasteiger partial charge is 0.431 e. The number of hydrogen-bond acceptors (Lipinski definition) is 3. The average molecular weight is 277 g/mol. The van der Waals surface area contributed by atoms with E-state index in [0.717, 1.165) is 13.0 Å². The van der Waals surface area contributed by atoms with Crippen LogP contribution in [-0.2, 0) is 10.9 Å². The monoisotopic (exact) mass is 277 g/mol. The molecule has 0 amide bonds. The van der Waals surface area contributed by atoms with E-state index in [0.29, 0.717) is 6.07 Å². The van der Waals surface area contributed by atoms with Crippen molar-refractivity contribution in [1.29, 1.82) is 0 Å². The first kappa shape index (κ1) is 15.3. The maximum absolute atomic E-state index is 12.8. The molecule has 106 valence electrons. The summed E-state index contributed by atoms with van der Waals surface area (Å²) in [6.07, 6.45) is -5.97. The summed E-state index contributed by atoms with van der Waals surface area (Å²) >= 11 is 0. The van der Waals surface area contributed by atoms with Crippen LogP contribution < -0.4 is 0 Å². The fourth-order valence-electron chi connectivity index (χ4n) is 1.44. The number of carbonyl (C=O) groups is 2. The first-order chi connectivity index (χ1) is 8.43. The number of hydrogen-bond donors (Lipinski definition) is 0. The number of ketones is 1. The highest BCUT2D eigenvalue weighted by Crippen LogP contribution is 2.31. The predicted octanol–water partition coefficient (Wildman–Crippen LogP) is 3.49. The van der Waals surface area contributed by atoms with Gasteiger partial charge in [0.05, 0.1) is 5.69 Å². The van der Waals surface area contributed by atoms with Gasteiger partial charge in [-0.25, -0.2) is 9.36 Å². The lowest BCUT2D eigenvalue weighted by atomic mass is 10.2. The molecule has 1 aromatic heterocycles. The van der Waals surface area contributed by atoms with Crippen molar-refractivity contribution in [3.63, 3.8) is 0 Å². The maximum Gasteiger partial charge on any atom is 0.431 e. The normalized spacial score (nSPS) is 12.4. The zero-order valence-electron chi connectivity index (χ0n) is 11.0. The molecule has 0 aliphatic heterocycles. The highest BCUT2D eigenvalue weighted by molar-refractivity contribution is 5.96. The van der Waals surface area contributed by atoms with Crippen LogP contribution >= 0.6 is 0 Å². The van der Waals surface area contributed by atoms with Gasteiger partial charge in [-0.05, 0) is 32.9 Å². The van der Waals surface area contributed by atoms with Crippen molar-refractivity contribution in [1.82, 2.24) is 4.57 Å². The SMILES string of the molecule is CC(=O)c1ccc(C(F)(F)F)n1C(=O)OC(C)(C)C. The van der Waals surface area contributed by atoms with E-state index >= 15 is 0 Å². The van der Waals surface area contributed by atoms with Crippen molar-refractivity contribution >= 4 is 11.9 Å². The van der Waals surface area contributed by atoms with Crippen LogP contribution in [0.15, 0.2) is 12.1 Å². The van der Waals surface area contributed by atoms with Crippen molar-refractivity contribution in [2.45, 2.75) is 39.5 Å². The first-order valence-corrected chi connectivity index (χ1v) is 5.46. The summed E-state index contributed by atoms with van der Waals surface area (Å²) in [6.45, 7) is 5.65. The molecule has 0 saturated heterocycles. The molecule has 1 heterocycles. The largest absolute Gasteiger partial charge is 0.443 e. The molecule has 4 nitrogen and oxygen atoms in total. The maximum atomic E-state index is 12.8. The molecule has 0 radical (unpaired) electrons. The predicted molar refractivity (Wildman–Crippen MR) is 61.1 cm³/mol. The van der Waals surface area contributed by atoms with Crippen LogP contribution in [0, 0.1) is 0 Å². The van der Waals surface area contributed by atoms with Gasteiger partial charge in [-0.2, -0.15) is 13.2 Å². The van der Waals surface area contributed by atoms with E-state index in [-0.39, 0.29) is 10.3 Å². The summed E-state index contributed by atoms with van der Waals surface area (Å²) in [5, 5.41) is 0. The van der Waals surface area contributed by atoms with Gasteiger partial charge in [-0.15, -0.1) is 0 Å². The van der Waals surface area contributed by atoms with Crippen LogP contribution in [0.1, 0.15) is 43.9 Å². The Labute approximate surface area is 108 Å². The van der Waals surface area contributed by atoms with E-state index in [2.05, 4.69) is 0 Å². The first-order valence-electron chi connectivity index (χ1n) is 5.46. The number of nitrogens with zero attached hydrogens (tertiary/aromatic N) is 1. The molecule has 0 N–H and O–H groups in total. The van der Waals surface area contributed by atoms with Crippen molar-refractivity contribution in [3.05, 3.63) is 23.5 Å². The van der Waals surface area contributed by atoms with Gasteiger partial charge in [0.2, 0.25) is 0 Å². The molecule has 0 bridgehead atoms. The zero-order valence-corrected chi connectivity index (χ0v) is 11.0. The Morgan fingerprint density at radius 3 is 2.05 bits per heavy atom.